The van der Waals surface area contributed by atoms with Gasteiger partial charge in [-0.3, -0.25) is 9.69 Å². The van der Waals surface area contributed by atoms with Gasteiger partial charge < -0.3 is 14.5 Å². The smallest absolute Gasteiger partial charge is 0.260 e. The summed E-state index contributed by atoms with van der Waals surface area (Å²) in [7, 11) is 0. The molecule has 5 nitrogen and oxygen atoms in total. The zero-order chi connectivity index (χ0) is 21.6. The van der Waals surface area contributed by atoms with Crippen LogP contribution in [0.1, 0.15) is 19.8 Å². The summed E-state index contributed by atoms with van der Waals surface area (Å²) in [5, 5.41) is 0. The maximum Gasteiger partial charge on any atom is 0.260 e. The van der Waals surface area contributed by atoms with Crippen LogP contribution in [-0.4, -0.2) is 79.1 Å². The molecule has 2 aromatic rings. The molecule has 2 aliphatic heterocycles. The molecule has 0 spiro atoms. The Bertz CT molecular complexity index is 840. The molecule has 2 aliphatic rings. The molecule has 31 heavy (non-hydrogen) atoms. The predicted octanol–water partition coefficient (Wildman–Crippen LogP) is 4.12. The Labute approximate surface area is 194 Å². The molecule has 0 unspecified atom stereocenters. The topological polar surface area (TPSA) is 36.0 Å². The van der Waals surface area contributed by atoms with E-state index in [1.165, 1.54) is 13.1 Å². The quantitative estimate of drug-likeness (QED) is 0.616. The number of carbonyl (C=O) groups is 1. The lowest BCUT2D eigenvalue weighted by atomic mass is 10.0. The van der Waals surface area contributed by atoms with Crippen LogP contribution in [0.4, 0.5) is 0 Å². The number of amides is 1. The normalized spacial score (nSPS) is 18.8. The summed E-state index contributed by atoms with van der Waals surface area (Å²) in [6.07, 6.45) is 2.14. The van der Waals surface area contributed by atoms with Gasteiger partial charge in [0.05, 0.1) is 0 Å². The van der Waals surface area contributed by atoms with Gasteiger partial charge in [-0.15, -0.1) is 0 Å². The number of ether oxygens (including phenoxy) is 1. The monoisotopic (exact) mass is 485 g/mol. The van der Waals surface area contributed by atoms with E-state index in [-0.39, 0.29) is 12.5 Å². The van der Waals surface area contributed by atoms with E-state index in [1.54, 1.807) is 0 Å². The molecule has 0 saturated carbocycles. The third kappa shape index (κ3) is 5.88. The number of piperidine rings is 1. The van der Waals surface area contributed by atoms with Gasteiger partial charge in [0.25, 0.3) is 5.91 Å². The lowest BCUT2D eigenvalue weighted by molar-refractivity contribution is -0.135. The summed E-state index contributed by atoms with van der Waals surface area (Å²) in [6, 6.07) is 16.8. The Hall–Kier alpha value is -1.89. The summed E-state index contributed by atoms with van der Waals surface area (Å²) < 4.78 is 6.85. The fourth-order valence-electron chi connectivity index (χ4n) is 4.55. The van der Waals surface area contributed by atoms with Gasteiger partial charge in [-0.1, -0.05) is 47.1 Å². The van der Waals surface area contributed by atoms with E-state index in [1.807, 2.05) is 41.3 Å². The second-order valence-corrected chi connectivity index (χ2v) is 9.32. The van der Waals surface area contributed by atoms with Crippen LogP contribution < -0.4 is 4.74 Å². The first-order valence-corrected chi connectivity index (χ1v) is 12.1. The molecule has 2 fully saturated rings. The number of carbonyl (C=O) groups excluding carboxylic acids is 1. The molecule has 0 aliphatic carbocycles. The summed E-state index contributed by atoms with van der Waals surface area (Å²) in [5.74, 6) is 0.823. The Morgan fingerprint density at radius 3 is 2.06 bits per heavy atom. The Kier molecular flexibility index (Phi) is 7.64. The molecular formula is C25H32BrN3O2. The minimum absolute atomic E-state index is 0.0891. The zero-order valence-electron chi connectivity index (χ0n) is 18.3. The number of rotatable bonds is 6. The van der Waals surface area contributed by atoms with Crippen LogP contribution in [0.3, 0.4) is 0 Å². The number of nitrogens with zero attached hydrogens (tertiary/aromatic N) is 3. The fraction of sp³-hybridized carbons (Fsp3) is 0.480. The van der Waals surface area contributed by atoms with E-state index < -0.39 is 0 Å². The van der Waals surface area contributed by atoms with Crippen molar-refractivity contribution in [3.05, 3.63) is 53.0 Å². The summed E-state index contributed by atoms with van der Waals surface area (Å²) >= 11 is 3.46. The molecular weight excluding hydrogens is 454 g/mol. The molecule has 1 amide bonds. The Balaban J connectivity index is 1.21. The third-order valence-electron chi connectivity index (χ3n) is 6.58. The van der Waals surface area contributed by atoms with Crippen LogP contribution >= 0.6 is 15.9 Å². The van der Waals surface area contributed by atoms with Crippen molar-refractivity contribution in [3.8, 4) is 16.9 Å². The third-order valence-corrected chi connectivity index (χ3v) is 7.11. The maximum absolute atomic E-state index is 12.6. The van der Waals surface area contributed by atoms with Gasteiger partial charge in [0.1, 0.15) is 5.75 Å². The number of hydrogen-bond acceptors (Lipinski definition) is 4. The molecule has 2 saturated heterocycles. The molecule has 6 heteroatoms. The summed E-state index contributed by atoms with van der Waals surface area (Å²) in [6.45, 7) is 9.82. The Morgan fingerprint density at radius 1 is 0.903 bits per heavy atom. The molecule has 4 rings (SSSR count). The van der Waals surface area contributed by atoms with Crippen LogP contribution in [0, 0.1) is 0 Å². The van der Waals surface area contributed by atoms with Crippen LogP contribution in [-0.2, 0) is 4.79 Å². The van der Waals surface area contributed by atoms with Crippen LogP contribution in [0.25, 0.3) is 11.1 Å². The molecule has 0 aromatic heterocycles. The van der Waals surface area contributed by atoms with Gasteiger partial charge in [0, 0.05) is 49.8 Å². The molecule has 0 N–H and O–H groups in total. The highest BCUT2D eigenvalue weighted by molar-refractivity contribution is 9.10. The first kappa shape index (κ1) is 22.3. The number of halogens is 1. The highest BCUT2D eigenvalue weighted by atomic mass is 79.9. The number of hydrogen-bond donors (Lipinski definition) is 0. The SMILES string of the molecule is CCN1CCN(C2CCN(C(=O)COc3ccc(-c4ccc(Br)cc4)cc3)CC2)CC1. The van der Waals surface area contributed by atoms with Crippen molar-refractivity contribution >= 4 is 21.8 Å². The minimum atomic E-state index is 0.0891. The van der Waals surface area contributed by atoms with Gasteiger partial charge in [-0.2, -0.15) is 0 Å². The standard InChI is InChI=1S/C25H32BrN3O2/c1-2-27-15-17-28(18-16-27)23-11-13-29(14-12-23)25(30)19-31-24-9-5-21(6-10-24)20-3-7-22(26)8-4-20/h3-10,23H,2,11-19H2,1H3. The number of likely N-dealkylation sites (tertiary alicyclic amines) is 1. The van der Waals surface area contributed by atoms with Gasteiger partial charge in [-0.25, -0.2) is 0 Å². The lowest BCUT2D eigenvalue weighted by Crippen LogP contribution is -2.54. The van der Waals surface area contributed by atoms with Crippen molar-refractivity contribution in [3.63, 3.8) is 0 Å². The largest absolute Gasteiger partial charge is 0.484 e. The van der Waals surface area contributed by atoms with E-state index in [4.69, 9.17) is 4.74 Å². The van der Waals surface area contributed by atoms with Crippen molar-refractivity contribution in [1.82, 2.24) is 14.7 Å². The average molecular weight is 486 g/mol. The summed E-state index contributed by atoms with van der Waals surface area (Å²) in [4.78, 5) is 19.7. The second-order valence-electron chi connectivity index (χ2n) is 8.40. The molecule has 0 atom stereocenters. The maximum atomic E-state index is 12.6. The van der Waals surface area contributed by atoms with Crippen molar-refractivity contribution in [2.75, 3.05) is 52.4 Å². The van der Waals surface area contributed by atoms with Crippen LogP contribution in [0.5, 0.6) is 5.75 Å². The summed E-state index contributed by atoms with van der Waals surface area (Å²) in [5.41, 5.74) is 2.29. The van der Waals surface area contributed by atoms with E-state index in [2.05, 4.69) is 44.8 Å². The van der Waals surface area contributed by atoms with Crippen molar-refractivity contribution in [1.29, 1.82) is 0 Å². The van der Waals surface area contributed by atoms with Gasteiger partial charge >= 0.3 is 0 Å². The molecule has 2 aromatic carbocycles. The van der Waals surface area contributed by atoms with E-state index in [0.29, 0.717) is 6.04 Å². The van der Waals surface area contributed by atoms with Crippen LogP contribution in [0.2, 0.25) is 0 Å². The molecule has 0 radical (unpaired) electrons. The number of piperazine rings is 1. The zero-order valence-corrected chi connectivity index (χ0v) is 19.9. The average Bonchev–Trinajstić information content (AvgIpc) is 2.83. The fourth-order valence-corrected chi connectivity index (χ4v) is 4.81. The van der Waals surface area contributed by atoms with Crippen molar-refractivity contribution in [2.24, 2.45) is 0 Å². The highest BCUT2D eigenvalue weighted by Crippen LogP contribution is 2.24. The molecule has 0 bridgehead atoms. The number of benzene rings is 2. The highest BCUT2D eigenvalue weighted by Gasteiger charge is 2.28. The number of likely N-dealkylation sites (N-methyl/N-ethyl adjacent to an activating group) is 1. The van der Waals surface area contributed by atoms with Gasteiger partial charge in [-0.05, 0) is 54.8 Å². The first-order valence-electron chi connectivity index (χ1n) is 11.4. The van der Waals surface area contributed by atoms with Crippen molar-refractivity contribution < 1.29 is 9.53 Å². The second kappa shape index (κ2) is 10.6. The first-order chi connectivity index (χ1) is 15.1. The van der Waals surface area contributed by atoms with Crippen LogP contribution in [0.15, 0.2) is 53.0 Å². The van der Waals surface area contributed by atoms with Gasteiger partial charge in [0.15, 0.2) is 6.61 Å². The van der Waals surface area contributed by atoms with E-state index >= 15 is 0 Å². The van der Waals surface area contributed by atoms with E-state index in [0.717, 1.165) is 66.9 Å². The van der Waals surface area contributed by atoms with Gasteiger partial charge in [0.2, 0.25) is 0 Å². The lowest BCUT2D eigenvalue weighted by Gasteiger charge is -2.42. The predicted molar refractivity (Wildman–Crippen MR) is 128 cm³/mol. The molecule has 166 valence electrons. The van der Waals surface area contributed by atoms with E-state index in [9.17, 15) is 4.79 Å². The Morgan fingerprint density at radius 2 is 1.48 bits per heavy atom. The molecule has 2 heterocycles. The minimum Gasteiger partial charge on any atom is -0.484 e. The van der Waals surface area contributed by atoms with Crippen molar-refractivity contribution in [2.45, 2.75) is 25.8 Å².